The molecular weight excluding hydrogens is 470 g/mol. The van der Waals surface area contributed by atoms with Gasteiger partial charge in [0.05, 0.1) is 17.9 Å². The number of rotatable bonds is 9. The number of ether oxygens (including phenoxy) is 2. The summed E-state index contributed by atoms with van der Waals surface area (Å²) in [6, 6.07) is 6.86. The van der Waals surface area contributed by atoms with Crippen molar-refractivity contribution in [2.75, 3.05) is 25.1 Å². The number of nitrogens with one attached hydrogen (secondary N) is 2. The van der Waals surface area contributed by atoms with Crippen molar-refractivity contribution in [2.24, 2.45) is 17.8 Å². The summed E-state index contributed by atoms with van der Waals surface area (Å²) in [4.78, 5) is 43.0. The number of nitrogens with zero attached hydrogens (tertiary/aromatic N) is 1. The fraction of sp³-hybridized carbons (Fsp3) is 0.621. The Kier molecular flexibility index (Phi) is 7.41. The summed E-state index contributed by atoms with van der Waals surface area (Å²) >= 11 is 0. The lowest BCUT2D eigenvalue weighted by Crippen LogP contribution is -2.57. The molecule has 2 saturated heterocycles. The van der Waals surface area contributed by atoms with E-state index in [0.29, 0.717) is 37.8 Å². The van der Waals surface area contributed by atoms with Gasteiger partial charge in [-0.15, -0.1) is 0 Å². The van der Waals surface area contributed by atoms with E-state index in [1.165, 1.54) is 6.42 Å². The summed E-state index contributed by atoms with van der Waals surface area (Å²) in [6.07, 6.45) is 8.09. The summed E-state index contributed by atoms with van der Waals surface area (Å²) < 4.78 is 11.9. The van der Waals surface area contributed by atoms with Gasteiger partial charge in [-0.2, -0.15) is 0 Å². The Bertz CT molecular complexity index is 1070. The predicted molar refractivity (Wildman–Crippen MR) is 140 cm³/mol. The standard InChI is InChI=1S/C29H39N3O5/c1-4-36-16-8-15-32-25(27(34)31-21-12-6-5-10-19(21)3)29-14-13-22(37-29)23(24(29)28(32)35)26(33)30-20-11-7-9-18(2)17-20/h7,9,11,13-14,17,19,21-25H,4-6,8,10,12,15-16H2,1-3H3,(H,30,33)(H,31,34)/t19-,21-,22-,23-,24-,25+,29+/m1/s1. The Morgan fingerprint density at radius 1 is 1.22 bits per heavy atom. The average molecular weight is 510 g/mol. The van der Waals surface area contributed by atoms with Gasteiger partial charge in [0.15, 0.2) is 0 Å². The second kappa shape index (κ2) is 10.6. The average Bonchev–Trinajstić information content (AvgIpc) is 3.51. The number of anilines is 1. The largest absolute Gasteiger partial charge is 0.382 e. The first kappa shape index (κ1) is 25.9. The molecule has 8 nitrogen and oxygen atoms in total. The van der Waals surface area contributed by atoms with Crippen LogP contribution in [0.15, 0.2) is 36.4 Å². The molecule has 2 bridgehead atoms. The van der Waals surface area contributed by atoms with E-state index in [9.17, 15) is 14.4 Å². The first-order valence-electron chi connectivity index (χ1n) is 13.8. The van der Waals surface area contributed by atoms with Crippen molar-refractivity contribution >= 4 is 23.4 Å². The third-order valence-electron chi connectivity index (χ3n) is 8.54. The lowest BCUT2D eigenvalue weighted by atomic mass is 9.74. The number of likely N-dealkylation sites (tertiary alicyclic amines) is 1. The molecule has 1 aromatic rings. The SMILES string of the molecule is CCOCCCN1C(=O)[C@H]2[C@H](C(=O)Nc3cccc(C)c3)[C@H]3C=C[C@@]2(O3)[C@@H]1C(=O)N[C@@H]1CCCC[C@H]1C. The van der Waals surface area contributed by atoms with Crippen molar-refractivity contribution in [1.29, 1.82) is 0 Å². The van der Waals surface area contributed by atoms with Gasteiger partial charge in [-0.3, -0.25) is 14.4 Å². The fourth-order valence-corrected chi connectivity index (χ4v) is 6.73. The zero-order valence-corrected chi connectivity index (χ0v) is 22.1. The van der Waals surface area contributed by atoms with Crippen LogP contribution < -0.4 is 10.6 Å². The molecule has 200 valence electrons. The van der Waals surface area contributed by atoms with Crippen LogP contribution >= 0.6 is 0 Å². The van der Waals surface area contributed by atoms with Gasteiger partial charge in [0.25, 0.3) is 0 Å². The van der Waals surface area contributed by atoms with Crippen molar-refractivity contribution < 1.29 is 23.9 Å². The minimum absolute atomic E-state index is 0.0834. The van der Waals surface area contributed by atoms with Crippen LogP contribution in [0.25, 0.3) is 0 Å². The maximum atomic E-state index is 13.9. The van der Waals surface area contributed by atoms with Gasteiger partial charge in [0, 0.05) is 31.5 Å². The topological polar surface area (TPSA) is 97.0 Å². The highest BCUT2D eigenvalue weighted by Gasteiger charge is 2.72. The van der Waals surface area contributed by atoms with Gasteiger partial charge < -0.3 is 25.0 Å². The molecule has 1 aliphatic carbocycles. The molecule has 7 atom stereocenters. The summed E-state index contributed by atoms with van der Waals surface area (Å²) in [6.45, 7) is 7.55. The molecule has 3 heterocycles. The van der Waals surface area contributed by atoms with E-state index in [1.54, 1.807) is 4.90 Å². The number of aryl methyl sites for hydroxylation is 1. The summed E-state index contributed by atoms with van der Waals surface area (Å²) in [5.41, 5.74) is 0.582. The summed E-state index contributed by atoms with van der Waals surface area (Å²) in [5, 5.41) is 6.25. The molecule has 0 radical (unpaired) electrons. The van der Waals surface area contributed by atoms with Gasteiger partial charge in [-0.05, 0) is 56.7 Å². The predicted octanol–water partition coefficient (Wildman–Crippen LogP) is 3.21. The smallest absolute Gasteiger partial charge is 0.246 e. The Balaban J connectivity index is 1.41. The zero-order chi connectivity index (χ0) is 26.2. The summed E-state index contributed by atoms with van der Waals surface area (Å²) in [7, 11) is 0. The quantitative estimate of drug-likeness (QED) is 0.394. The van der Waals surface area contributed by atoms with Crippen molar-refractivity contribution in [1.82, 2.24) is 10.2 Å². The Hall–Kier alpha value is -2.71. The van der Waals surface area contributed by atoms with Crippen molar-refractivity contribution in [3.05, 3.63) is 42.0 Å². The second-order valence-electron chi connectivity index (χ2n) is 11.0. The van der Waals surface area contributed by atoms with E-state index in [1.807, 2.05) is 50.3 Å². The maximum Gasteiger partial charge on any atom is 0.246 e. The lowest BCUT2D eigenvalue weighted by molar-refractivity contribution is -0.141. The van der Waals surface area contributed by atoms with Gasteiger partial charge in [0.1, 0.15) is 11.6 Å². The Morgan fingerprint density at radius 2 is 2.03 bits per heavy atom. The third kappa shape index (κ3) is 4.70. The molecule has 3 fully saturated rings. The molecule has 3 amide bonds. The third-order valence-corrected chi connectivity index (χ3v) is 8.54. The highest BCUT2D eigenvalue weighted by molar-refractivity contribution is 6.02. The molecule has 4 aliphatic rings. The van der Waals surface area contributed by atoms with Crippen LogP contribution in [0.5, 0.6) is 0 Å². The van der Waals surface area contributed by atoms with E-state index in [-0.39, 0.29) is 23.8 Å². The number of hydrogen-bond donors (Lipinski definition) is 2. The first-order chi connectivity index (χ1) is 17.9. The van der Waals surface area contributed by atoms with Crippen LogP contribution in [0.4, 0.5) is 5.69 Å². The monoisotopic (exact) mass is 509 g/mol. The number of benzene rings is 1. The molecule has 5 rings (SSSR count). The van der Waals surface area contributed by atoms with Crippen LogP contribution in [-0.4, -0.2) is 66.2 Å². The van der Waals surface area contributed by atoms with Gasteiger partial charge in [0.2, 0.25) is 17.7 Å². The molecule has 37 heavy (non-hydrogen) atoms. The van der Waals surface area contributed by atoms with Crippen LogP contribution in [0.1, 0.15) is 51.5 Å². The molecule has 1 aromatic carbocycles. The number of carbonyl (C=O) groups is 3. The number of fused-ring (bicyclic) bond motifs is 1. The highest BCUT2D eigenvalue weighted by Crippen LogP contribution is 2.55. The molecule has 1 spiro atoms. The molecule has 8 heteroatoms. The maximum absolute atomic E-state index is 13.9. The van der Waals surface area contributed by atoms with E-state index >= 15 is 0 Å². The molecule has 1 saturated carbocycles. The normalized spacial score (nSPS) is 34.0. The van der Waals surface area contributed by atoms with Crippen LogP contribution in [0.2, 0.25) is 0 Å². The second-order valence-corrected chi connectivity index (χ2v) is 11.0. The molecule has 0 aromatic heterocycles. The minimum atomic E-state index is -1.13. The van der Waals surface area contributed by atoms with E-state index < -0.39 is 29.6 Å². The number of amides is 3. The molecule has 3 aliphatic heterocycles. The van der Waals surface area contributed by atoms with Crippen LogP contribution in [-0.2, 0) is 23.9 Å². The Labute approximate surface area is 219 Å². The Morgan fingerprint density at radius 3 is 2.78 bits per heavy atom. The van der Waals surface area contributed by atoms with E-state index in [2.05, 4.69) is 17.6 Å². The van der Waals surface area contributed by atoms with Gasteiger partial charge in [-0.1, -0.05) is 44.1 Å². The number of carbonyl (C=O) groups excluding carboxylic acids is 3. The molecule has 2 N–H and O–H groups in total. The van der Waals surface area contributed by atoms with Crippen molar-refractivity contribution in [3.63, 3.8) is 0 Å². The van der Waals surface area contributed by atoms with E-state index in [0.717, 1.165) is 24.8 Å². The zero-order valence-electron chi connectivity index (χ0n) is 22.1. The lowest BCUT2D eigenvalue weighted by Gasteiger charge is -2.36. The van der Waals surface area contributed by atoms with E-state index in [4.69, 9.17) is 9.47 Å². The van der Waals surface area contributed by atoms with Gasteiger partial charge >= 0.3 is 0 Å². The summed E-state index contributed by atoms with van der Waals surface area (Å²) in [5.74, 6) is -1.67. The fourth-order valence-electron chi connectivity index (χ4n) is 6.73. The molecular formula is C29H39N3O5. The van der Waals surface area contributed by atoms with Crippen molar-refractivity contribution in [2.45, 2.75) is 76.7 Å². The van der Waals surface area contributed by atoms with Crippen LogP contribution in [0, 0.1) is 24.7 Å². The number of hydrogen-bond acceptors (Lipinski definition) is 5. The van der Waals surface area contributed by atoms with Crippen LogP contribution in [0.3, 0.4) is 0 Å². The van der Waals surface area contributed by atoms with Crippen molar-refractivity contribution in [3.8, 4) is 0 Å². The molecule has 0 unspecified atom stereocenters. The first-order valence-corrected chi connectivity index (χ1v) is 13.8. The van der Waals surface area contributed by atoms with Gasteiger partial charge in [-0.25, -0.2) is 0 Å². The minimum Gasteiger partial charge on any atom is -0.382 e. The highest BCUT2D eigenvalue weighted by atomic mass is 16.5.